The van der Waals surface area contributed by atoms with Crippen LogP contribution in [0.1, 0.15) is 49.4 Å². The molecule has 1 unspecified atom stereocenters. The standard InChI is InChI=1S/C25H30N4O3/c1-25-15-14-23(31)29(25)21-12-6-5-11-20(21)24(32)28(25)18-7-13-22(30)27-17-8-16-26-19-9-3-2-4-10-19/h2-6,9-12,26H,7-8,13-18H2,1H3,(H,27,30). The fraction of sp³-hybridized carbons (Fsp3) is 0.400. The Morgan fingerprint density at radius 2 is 1.75 bits per heavy atom. The molecule has 1 saturated heterocycles. The van der Waals surface area contributed by atoms with Crippen LogP contribution in [-0.2, 0) is 9.59 Å². The molecule has 0 aliphatic carbocycles. The molecule has 32 heavy (non-hydrogen) atoms. The highest BCUT2D eigenvalue weighted by Gasteiger charge is 2.52. The van der Waals surface area contributed by atoms with Crippen molar-refractivity contribution in [1.82, 2.24) is 10.2 Å². The van der Waals surface area contributed by atoms with E-state index in [4.69, 9.17) is 0 Å². The Balaban J connectivity index is 1.26. The van der Waals surface area contributed by atoms with E-state index in [1.807, 2.05) is 55.5 Å². The first-order valence-corrected chi connectivity index (χ1v) is 11.3. The zero-order valence-electron chi connectivity index (χ0n) is 18.5. The van der Waals surface area contributed by atoms with Crippen LogP contribution < -0.4 is 15.5 Å². The van der Waals surface area contributed by atoms with Crippen molar-refractivity contribution in [3.05, 3.63) is 60.2 Å². The molecular weight excluding hydrogens is 404 g/mol. The molecule has 0 aromatic heterocycles. The number of fused-ring (bicyclic) bond motifs is 3. The van der Waals surface area contributed by atoms with Gasteiger partial charge in [0.25, 0.3) is 5.91 Å². The minimum absolute atomic E-state index is 0.0147. The maximum atomic E-state index is 13.2. The number of para-hydroxylation sites is 2. The van der Waals surface area contributed by atoms with Crippen LogP contribution in [0.15, 0.2) is 54.6 Å². The summed E-state index contributed by atoms with van der Waals surface area (Å²) in [6.07, 6.45) is 2.76. The highest BCUT2D eigenvalue weighted by Crippen LogP contribution is 2.43. The lowest BCUT2D eigenvalue weighted by molar-refractivity contribution is -0.121. The summed E-state index contributed by atoms with van der Waals surface area (Å²) in [6, 6.07) is 17.2. The molecule has 7 nitrogen and oxygen atoms in total. The zero-order valence-corrected chi connectivity index (χ0v) is 18.5. The summed E-state index contributed by atoms with van der Waals surface area (Å²) in [6.45, 7) is 3.78. The number of rotatable bonds is 9. The SMILES string of the molecule is CC12CCC(=O)N1c1ccccc1C(=O)N2CCCC(=O)NCCCNc1ccccc1. The lowest BCUT2D eigenvalue weighted by Gasteiger charge is -2.48. The highest BCUT2D eigenvalue weighted by molar-refractivity contribution is 6.10. The quantitative estimate of drug-likeness (QED) is 0.593. The molecule has 2 aliphatic rings. The number of anilines is 2. The van der Waals surface area contributed by atoms with Crippen molar-refractivity contribution in [3.8, 4) is 0 Å². The van der Waals surface area contributed by atoms with Gasteiger partial charge in [-0.3, -0.25) is 19.3 Å². The fourth-order valence-corrected chi connectivity index (χ4v) is 4.63. The van der Waals surface area contributed by atoms with Crippen molar-refractivity contribution in [2.24, 2.45) is 0 Å². The van der Waals surface area contributed by atoms with Crippen LogP contribution in [0.25, 0.3) is 0 Å². The van der Waals surface area contributed by atoms with Gasteiger partial charge < -0.3 is 15.5 Å². The minimum atomic E-state index is -0.665. The van der Waals surface area contributed by atoms with Gasteiger partial charge in [-0.05, 0) is 50.5 Å². The van der Waals surface area contributed by atoms with Crippen molar-refractivity contribution in [1.29, 1.82) is 0 Å². The van der Waals surface area contributed by atoms with Gasteiger partial charge in [-0.25, -0.2) is 0 Å². The molecule has 1 fully saturated rings. The van der Waals surface area contributed by atoms with E-state index < -0.39 is 5.66 Å². The van der Waals surface area contributed by atoms with Crippen LogP contribution in [0.2, 0.25) is 0 Å². The Morgan fingerprint density at radius 3 is 2.56 bits per heavy atom. The van der Waals surface area contributed by atoms with E-state index in [0.29, 0.717) is 50.0 Å². The second-order valence-electron chi connectivity index (χ2n) is 8.52. The average Bonchev–Trinajstić information content (AvgIpc) is 3.11. The normalized spacial score (nSPS) is 19.5. The van der Waals surface area contributed by atoms with Gasteiger partial charge in [-0.2, -0.15) is 0 Å². The smallest absolute Gasteiger partial charge is 0.257 e. The van der Waals surface area contributed by atoms with Crippen LogP contribution in [0, 0.1) is 0 Å². The van der Waals surface area contributed by atoms with E-state index in [1.54, 1.807) is 15.9 Å². The Labute approximate surface area is 188 Å². The highest BCUT2D eigenvalue weighted by atomic mass is 16.2. The second-order valence-corrected chi connectivity index (χ2v) is 8.52. The molecule has 168 valence electrons. The predicted molar refractivity (Wildman–Crippen MR) is 124 cm³/mol. The molecule has 2 aromatic rings. The van der Waals surface area contributed by atoms with Gasteiger partial charge in [-0.15, -0.1) is 0 Å². The number of amides is 3. The van der Waals surface area contributed by atoms with Gasteiger partial charge in [0.05, 0.1) is 11.3 Å². The molecule has 7 heteroatoms. The summed E-state index contributed by atoms with van der Waals surface area (Å²) in [4.78, 5) is 41.6. The molecule has 2 aromatic carbocycles. The van der Waals surface area contributed by atoms with Crippen LogP contribution in [0.5, 0.6) is 0 Å². The van der Waals surface area contributed by atoms with Crippen LogP contribution in [0.3, 0.4) is 0 Å². The van der Waals surface area contributed by atoms with Gasteiger partial charge in [0.1, 0.15) is 5.66 Å². The van der Waals surface area contributed by atoms with Gasteiger partial charge in [-0.1, -0.05) is 30.3 Å². The van der Waals surface area contributed by atoms with Crippen molar-refractivity contribution >= 4 is 29.1 Å². The number of carbonyl (C=O) groups is 3. The summed E-state index contributed by atoms with van der Waals surface area (Å²) in [7, 11) is 0. The van der Waals surface area contributed by atoms with Crippen molar-refractivity contribution in [2.45, 2.75) is 44.7 Å². The van der Waals surface area contributed by atoms with Crippen LogP contribution in [-0.4, -0.2) is 47.9 Å². The van der Waals surface area contributed by atoms with Gasteiger partial charge in [0.2, 0.25) is 11.8 Å². The molecule has 0 radical (unpaired) electrons. The minimum Gasteiger partial charge on any atom is -0.385 e. The molecule has 2 aliphatic heterocycles. The summed E-state index contributed by atoms with van der Waals surface area (Å²) in [5.74, 6) is -0.0418. The summed E-state index contributed by atoms with van der Waals surface area (Å²) >= 11 is 0. The molecule has 2 heterocycles. The van der Waals surface area contributed by atoms with E-state index in [0.717, 1.165) is 18.7 Å². The lowest BCUT2D eigenvalue weighted by atomic mass is 9.98. The molecule has 3 amide bonds. The van der Waals surface area contributed by atoms with Crippen molar-refractivity contribution in [2.75, 3.05) is 29.9 Å². The Bertz CT molecular complexity index is 994. The monoisotopic (exact) mass is 434 g/mol. The molecule has 0 bridgehead atoms. The number of benzene rings is 2. The maximum absolute atomic E-state index is 13.2. The number of nitrogens with one attached hydrogen (secondary N) is 2. The molecule has 2 N–H and O–H groups in total. The second kappa shape index (κ2) is 9.42. The van der Waals surface area contributed by atoms with Gasteiger partial charge in [0, 0.05) is 38.2 Å². The number of carbonyl (C=O) groups excluding carboxylic acids is 3. The van der Waals surface area contributed by atoms with E-state index in [-0.39, 0.29) is 17.7 Å². The first-order chi connectivity index (χ1) is 15.5. The largest absolute Gasteiger partial charge is 0.385 e. The molecule has 0 saturated carbocycles. The van der Waals surface area contributed by atoms with Crippen molar-refractivity contribution < 1.29 is 14.4 Å². The summed E-state index contributed by atoms with van der Waals surface area (Å²) in [5.41, 5.74) is 1.65. The third-order valence-electron chi connectivity index (χ3n) is 6.31. The third-order valence-corrected chi connectivity index (χ3v) is 6.31. The van der Waals surface area contributed by atoms with Crippen LogP contribution in [0.4, 0.5) is 11.4 Å². The Morgan fingerprint density at radius 1 is 1.00 bits per heavy atom. The molecule has 1 atom stereocenters. The number of hydrogen-bond acceptors (Lipinski definition) is 4. The first kappa shape index (κ1) is 21.9. The average molecular weight is 435 g/mol. The maximum Gasteiger partial charge on any atom is 0.257 e. The lowest BCUT2D eigenvalue weighted by Crippen LogP contribution is -2.62. The Kier molecular flexibility index (Phi) is 6.44. The zero-order chi connectivity index (χ0) is 22.6. The van der Waals surface area contributed by atoms with E-state index in [9.17, 15) is 14.4 Å². The van der Waals surface area contributed by atoms with Gasteiger partial charge >= 0.3 is 0 Å². The van der Waals surface area contributed by atoms with Gasteiger partial charge in [0.15, 0.2) is 0 Å². The summed E-state index contributed by atoms with van der Waals surface area (Å²) < 4.78 is 0. The first-order valence-electron chi connectivity index (χ1n) is 11.3. The fourth-order valence-electron chi connectivity index (χ4n) is 4.63. The third kappa shape index (κ3) is 4.33. The molecule has 0 spiro atoms. The number of hydrogen-bond donors (Lipinski definition) is 2. The molecular formula is C25H30N4O3. The number of nitrogens with zero attached hydrogens (tertiary/aromatic N) is 2. The summed E-state index contributed by atoms with van der Waals surface area (Å²) in [5, 5.41) is 6.27. The predicted octanol–water partition coefficient (Wildman–Crippen LogP) is 3.38. The van der Waals surface area contributed by atoms with E-state index >= 15 is 0 Å². The Hall–Kier alpha value is -3.35. The van der Waals surface area contributed by atoms with E-state index in [1.165, 1.54) is 0 Å². The topological polar surface area (TPSA) is 81.8 Å². The van der Waals surface area contributed by atoms with Crippen molar-refractivity contribution in [3.63, 3.8) is 0 Å². The molecule has 4 rings (SSSR count). The van der Waals surface area contributed by atoms with E-state index in [2.05, 4.69) is 10.6 Å². The van der Waals surface area contributed by atoms with Crippen LogP contribution >= 0.6 is 0 Å².